The SMILES string of the molecule is CCNC(=NCC1(c2ccccc2Cl)CCOCC1)NC1CCN(C2CC2)CC1. The molecular formula is C23H35ClN4O. The van der Waals surface area contributed by atoms with Crippen LogP contribution in [0.2, 0.25) is 5.02 Å². The Morgan fingerprint density at radius 3 is 2.55 bits per heavy atom. The summed E-state index contributed by atoms with van der Waals surface area (Å²) in [4.78, 5) is 7.72. The average molecular weight is 419 g/mol. The number of nitrogens with zero attached hydrogens (tertiary/aromatic N) is 2. The van der Waals surface area contributed by atoms with Gasteiger partial charge in [-0.25, -0.2) is 0 Å². The molecule has 4 rings (SSSR count). The van der Waals surface area contributed by atoms with E-state index in [1.807, 2.05) is 12.1 Å². The highest BCUT2D eigenvalue weighted by molar-refractivity contribution is 6.31. The first-order chi connectivity index (χ1) is 14.2. The van der Waals surface area contributed by atoms with E-state index in [1.165, 1.54) is 44.3 Å². The molecule has 1 aliphatic carbocycles. The van der Waals surface area contributed by atoms with Gasteiger partial charge in [-0.3, -0.25) is 4.99 Å². The second kappa shape index (κ2) is 9.67. The summed E-state index contributed by atoms with van der Waals surface area (Å²) in [7, 11) is 0. The molecule has 29 heavy (non-hydrogen) atoms. The van der Waals surface area contributed by atoms with Gasteiger partial charge < -0.3 is 20.3 Å². The molecule has 2 heterocycles. The van der Waals surface area contributed by atoms with E-state index in [2.05, 4.69) is 34.6 Å². The lowest BCUT2D eigenvalue weighted by Gasteiger charge is -2.37. The van der Waals surface area contributed by atoms with Gasteiger partial charge >= 0.3 is 0 Å². The number of rotatable bonds is 6. The van der Waals surface area contributed by atoms with Crippen molar-refractivity contribution in [3.05, 3.63) is 34.9 Å². The molecule has 1 aromatic rings. The minimum Gasteiger partial charge on any atom is -0.381 e. The average Bonchev–Trinajstić information content (AvgIpc) is 3.59. The summed E-state index contributed by atoms with van der Waals surface area (Å²) in [5, 5.41) is 8.01. The van der Waals surface area contributed by atoms with Crippen molar-refractivity contribution in [2.45, 2.75) is 62.9 Å². The molecule has 160 valence electrons. The lowest BCUT2D eigenvalue weighted by Crippen LogP contribution is -2.49. The van der Waals surface area contributed by atoms with Gasteiger partial charge in [-0.1, -0.05) is 29.8 Å². The van der Waals surface area contributed by atoms with Crippen LogP contribution in [0, 0.1) is 0 Å². The first-order valence-electron chi connectivity index (χ1n) is 11.3. The minimum absolute atomic E-state index is 0.0473. The van der Waals surface area contributed by atoms with Crippen LogP contribution in [-0.2, 0) is 10.2 Å². The van der Waals surface area contributed by atoms with Gasteiger partial charge in [0.05, 0.1) is 6.54 Å². The molecule has 0 spiro atoms. The van der Waals surface area contributed by atoms with Crippen molar-refractivity contribution < 1.29 is 4.74 Å². The van der Waals surface area contributed by atoms with Gasteiger partial charge in [0.1, 0.15) is 0 Å². The fourth-order valence-electron chi connectivity index (χ4n) is 4.76. The van der Waals surface area contributed by atoms with Gasteiger partial charge in [-0.05, 0) is 57.1 Å². The predicted octanol–water partition coefficient (Wildman–Crippen LogP) is 3.57. The molecule has 1 aromatic carbocycles. The molecule has 0 atom stereocenters. The number of ether oxygens (including phenoxy) is 1. The van der Waals surface area contributed by atoms with E-state index in [1.54, 1.807) is 0 Å². The number of hydrogen-bond acceptors (Lipinski definition) is 3. The van der Waals surface area contributed by atoms with Crippen molar-refractivity contribution in [1.82, 2.24) is 15.5 Å². The van der Waals surface area contributed by atoms with Gasteiger partial charge in [0.15, 0.2) is 5.96 Å². The maximum atomic E-state index is 6.60. The molecular weight excluding hydrogens is 384 g/mol. The Hall–Kier alpha value is -1.30. The molecule has 2 aliphatic heterocycles. The lowest BCUT2D eigenvalue weighted by molar-refractivity contribution is 0.0531. The van der Waals surface area contributed by atoms with Gasteiger partial charge in [-0.2, -0.15) is 0 Å². The Morgan fingerprint density at radius 2 is 1.90 bits per heavy atom. The Kier molecular flexibility index (Phi) is 6.99. The van der Waals surface area contributed by atoms with Crippen molar-refractivity contribution in [1.29, 1.82) is 0 Å². The van der Waals surface area contributed by atoms with Gasteiger partial charge in [0.2, 0.25) is 0 Å². The number of halogens is 1. The van der Waals surface area contributed by atoms with Crippen LogP contribution in [0.15, 0.2) is 29.3 Å². The smallest absolute Gasteiger partial charge is 0.191 e. The molecule has 3 fully saturated rings. The molecule has 6 heteroatoms. The Labute approximate surface area is 180 Å². The molecule has 2 N–H and O–H groups in total. The highest BCUT2D eigenvalue weighted by Gasteiger charge is 2.36. The Balaban J connectivity index is 1.44. The van der Waals surface area contributed by atoms with Crippen molar-refractivity contribution >= 4 is 17.6 Å². The Morgan fingerprint density at radius 1 is 1.17 bits per heavy atom. The van der Waals surface area contributed by atoms with Crippen LogP contribution in [0.5, 0.6) is 0 Å². The van der Waals surface area contributed by atoms with Crippen LogP contribution in [0.3, 0.4) is 0 Å². The molecule has 5 nitrogen and oxygen atoms in total. The topological polar surface area (TPSA) is 48.9 Å². The quantitative estimate of drug-likeness (QED) is 0.547. The Bertz CT molecular complexity index is 692. The minimum atomic E-state index is -0.0473. The number of nitrogens with one attached hydrogen (secondary N) is 2. The highest BCUT2D eigenvalue weighted by Crippen LogP contribution is 2.39. The second-order valence-electron chi connectivity index (χ2n) is 8.75. The summed E-state index contributed by atoms with van der Waals surface area (Å²) < 4.78 is 5.67. The zero-order valence-corrected chi connectivity index (χ0v) is 18.4. The van der Waals surface area contributed by atoms with Crippen molar-refractivity contribution in [2.75, 3.05) is 39.4 Å². The van der Waals surface area contributed by atoms with Crippen molar-refractivity contribution in [2.24, 2.45) is 4.99 Å². The van der Waals surface area contributed by atoms with Crippen molar-refractivity contribution in [3.63, 3.8) is 0 Å². The van der Waals surface area contributed by atoms with E-state index in [0.717, 1.165) is 56.2 Å². The van der Waals surface area contributed by atoms with Gasteiger partial charge in [0, 0.05) is 55.4 Å². The maximum Gasteiger partial charge on any atom is 0.191 e. The summed E-state index contributed by atoms with van der Waals surface area (Å²) in [5.74, 6) is 0.940. The van der Waals surface area contributed by atoms with E-state index < -0.39 is 0 Å². The highest BCUT2D eigenvalue weighted by atomic mass is 35.5. The van der Waals surface area contributed by atoms with Gasteiger partial charge in [-0.15, -0.1) is 0 Å². The molecule has 0 radical (unpaired) electrons. The third-order valence-corrected chi connectivity index (χ3v) is 7.04. The molecule has 0 aromatic heterocycles. The fraction of sp³-hybridized carbons (Fsp3) is 0.696. The maximum absolute atomic E-state index is 6.60. The van der Waals surface area contributed by atoms with Gasteiger partial charge in [0.25, 0.3) is 0 Å². The van der Waals surface area contributed by atoms with Crippen LogP contribution in [0.4, 0.5) is 0 Å². The number of benzene rings is 1. The zero-order valence-electron chi connectivity index (χ0n) is 17.6. The number of likely N-dealkylation sites (tertiary alicyclic amines) is 1. The molecule has 1 saturated carbocycles. The molecule has 2 saturated heterocycles. The number of aliphatic imine (C=N–C) groups is 1. The third-order valence-electron chi connectivity index (χ3n) is 6.71. The van der Waals surface area contributed by atoms with E-state index in [9.17, 15) is 0 Å². The van der Waals surface area contributed by atoms with Crippen LogP contribution < -0.4 is 10.6 Å². The fourth-order valence-corrected chi connectivity index (χ4v) is 5.09. The number of hydrogen-bond donors (Lipinski definition) is 2. The predicted molar refractivity (Wildman–Crippen MR) is 120 cm³/mol. The van der Waals surface area contributed by atoms with Crippen LogP contribution in [0.1, 0.15) is 51.0 Å². The van der Waals surface area contributed by atoms with E-state index in [0.29, 0.717) is 6.04 Å². The molecule has 0 amide bonds. The monoisotopic (exact) mass is 418 g/mol. The van der Waals surface area contributed by atoms with Crippen LogP contribution in [0.25, 0.3) is 0 Å². The van der Waals surface area contributed by atoms with E-state index in [-0.39, 0.29) is 5.41 Å². The summed E-state index contributed by atoms with van der Waals surface area (Å²) >= 11 is 6.60. The second-order valence-corrected chi connectivity index (χ2v) is 9.16. The third kappa shape index (κ3) is 5.25. The van der Waals surface area contributed by atoms with Crippen LogP contribution >= 0.6 is 11.6 Å². The summed E-state index contributed by atoms with van der Waals surface area (Å²) in [5.41, 5.74) is 1.16. The normalized spacial score (nSPS) is 23.7. The van der Waals surface area contributed by atoms with Crippen LogP contribution in [-0.4, -0.2) is 62.3 Å². The standard InChI is InChI=1S/C23H35ClN4O/c1-2-25-22(27-18-9-13-28(14-10-18)19-7-8-19)26-17-23(11-15-29-16-12-23)20-5-3-4-6-21(20)24/h3-6,18-19H,2,7-17H2,1H3,(H2,25,26,27). The molecule has 0 unspecified atom stereocenters. The number of guanidine groups is 1. The number of piperidine rings is 1. The van der Waals surface area contributed by atoms with Crippen molar-refractivity contribution in [3.8, 4) is 0 Å². The first-order valence-corrected chi connectivity index (χ1v) is 11.7. The summed E-state index contributed by atoms with van der Waals surface area (Å²) in [6.07, 6.45) is 7.11. The first kappa shape index (κ1) is 21.0. The van der Waals surface area contributed by atoms with E-state index >= 15 is 0 Å². The largest absolute Gasteiger partial charge is 0.381 e. The zero-order chi connectivity index (χ0) is 20.1. The summed E-state index contributed by atoms with van der Waals surface area (Å²) in [6, 6.07) is 9.63. The summed E-state index contributed by atoms with van der Waals surface area (Å²) in [6.45, 7) is 7.69. The lowest BCUT2D eigenvalue weighted by atomic mass is 9.74. The molecule has 0 bridgehead atoms. The molecule has 3 aliphatic rings. The van der Waals surface area contributed by atoms with E-state index in [4.69, 9.17) is 21.3 Å².